The van der Waals surface area contributed by atoms with Gasteiger partial charge in [-0.05, 0) is 30.3 Å². The first kappa shape index (κ1) is 17.9. The molecule has 0 saturated carbocycles. The number of rotatable bonds is 4. The van der Waals surface area contributed by atoms with Gasteiger partial charge in [0.1, 0.15) is 11.6 Å². The maximum Gasteiger partial charge on any atom is 0.262 e. The normalized spacial score (nSPS) is 15.2. The molecule has 0 bridgehead atoms. The van der Waals surface area contributed by atoms with Crippen molar-refractivity contribution >= 4 is 33.0 Å². The quantitative estimate of drug-likeness (QED) is 0.873. The van der Waals surface area contributed by atoms with Crippen LogP contribution in [0.3, 0.4) is 0 Å². The van der Waals surface area contributed by atoms with Crippen molar-refractivity contribution in [2.75, 3.05) is 35.9 Å². The number of nitrogens with zero attached hydrogens (tertiary/aromatic N) is 1. The lowest BCUT2D eigenvalue weighted by Crippen LogP contribution is -2.36. The molecule has 0 amide bonds. The van der Waals surface area contributed by atoms with Crippen LogP contribution in [-0.4, -0.2) is 34.7 Å². The minimum atomic E-state index is -4.18. The Morgan fingerprint density at radius 1 is 1.04 bits per heavy atom. The summed E-state index contributed by atoms with van der Waals surface area (Å²) < 4.78 is 59.4. The lowest BCUT2D eigenvalue weighted by molar-refractivity contribution is 0.123. The van der Waals surface area contributed by atoms with E-state index in [0.717, 1.165) is 12.1 Å². The van der Waals surface area contributed by atoms with Crippen LogP contribution in [0.4, 0.5) is 20.2 Å². The summed E-state index contributed by atoms with van der Waals surface area (Å²) in [6, 6.07) is 6.91. The lowest BCUT2D eigenvalue weighted by Gasteiger charge is -2.30. The Bertz CT molecular complexity index is 867. The summed E-state index contributed by atoms with van der Waals surface area (Å²) in [5.74, 6) is -1.94. The van der Waals surface area contributed by atoms with Crippen LogP contribution >= 0.6 is 11.6 Å². The number of sulfonamides is 1. The van der Waals surface area contributed by atoms with Crippen molar-refractivity contribution in [2.45, 2.75) is 4.90 Å². The highest BCUT2D eigenvalue weighted by molar-refractivity contribution is 7.92. The smallest absolute Gasteiger partial charge is 0.262 e. The number of anilines is 2. The minimum Gasteiger partial charge on any atom is -0.378 e. The Kier molecular flexibility index (Phi) is 5.12. The molecule has 1 N–H and O–H groups in total. The summed E-state index contributed by atoms with van der Waals surface area (Å²) in [5, 5.41) is 0.333. The van der Waals surface area contributed by atoms with E-state index in [1.54, 1.807) is 12.1 Å². The molecule has 1 heterocycles. The van der Waals surface area contributed by atoms with Gasteiger partial charge in [0.25, 0.3) is 10.0 Å². The molecule has 0 aliphatic carbocycles. The number of nitrogens with one attached hydrogen (secondary N) is 1. The highest BCUT2D eigenvalue weighted by Crippen LogP contribution is 2.31. The van der Waals surface area contributed by atoms with Crippen molar-refractivity contribution in [3.63, 3.8) is 0 Å². The van der Waals surface area contributed by atoms with Crippen LogP contribution in [0.5, 0.6) is 0 Å². The van der Waals surface area contributed by atoms with E-state index in [1.165, 1.54) is 6.07 Å². The van der Waals surface area contributed by atoms with Crippen molar-refractivity contribution in [1.29, 1.82) is 0 Å². The Morgan fingerprint density at radius 2 is 1.68 bits per heavy atom. The van der Waals surface area contributed by atoms with Gasteiger partial charge in [0.05, 0.1) is 29.5 Å². The molecule has 1 aliphatic rings. The monoisotopic (exact) mass is 388 g/mol. The molecule has 1 saturated heterocycles. The minimum absolute atomic E-state index is 0.235. The first-order valence-corrected chi connectivity index (χ1v) is 9.32. The zero-order chi connectivity index (χ0) is 18.0. The second-order valence-electron chi connectivity index (χ2n) is 5.47. The van der Waals surface area contributed by atoms with E-state index in [9.17, 15) is 17.2 Å². The molecule has 0 atom stereocenters. The van der Waals surface area contributed by atoms with Crippen LogP contribution in [-0.2, 0) is 14.8 Å². The number of halogens is 3. The van der Waals surface area contributed by atoms with E-state index in [4.69, 9.17) is 16.3 Å². The molecule has 1 aliphatic heterocycles. The molecule has 134 valence electrons. The zero-order valence-corrected chi connectivity index (χ0v) is 14.6. The van der Waals surface area contributed by atoms with Gasteiger partial charge in [-0.2, -0.15) is 0 Å². The second-order valence-corrected chi connectivity index (χ2v) is 7.59. The third-order valence-corrected chi connectivity index (χ3v) is 5.28. The molecule has 1 fully saturated rings. The van der Waals surface area contributed by atoms with Gasteiger partial charge < -0.3 is 9.64 Å². The molecular weight excluding hydrogens is 374 g/mol. The molecule has 0 spiro atoms. The standard InChI is InChI=1S/C16H15ClF2N2O3S/c17-11-1-2-16(21-3-5-24-6-4-21)15(7-11)20-25(22,23)14-9-12(18)8-13(19)10-14/h1-2,7-10,20H,3-6H2. The van der Waals surface area contributed by atoms with Gasteiger partial charge in [0.15, 0.2) is 0 Å². The first-order chi connectivity index (χ1) is 11.8. The van der Waals surface area contributed by atoms with Gasteiger partial charge >= 0.3 is 0 Å². The number of hydrogen-bond donors (Lipinski definition) is 1. The molecule has 0 radical (unpaired) electrons. The molecule has 25 heavy (non-hydrogen) atoms. The van der Waals surface area contributed by atoms with E-state index in [0.29, 0.717) is 43.1 Å². The van der Waals surface area contributed by atoms with Crippen LogP contribution < -0.4 is 9.62 Å². The number of hydrogen-bond acceptors (Lipinski definition) is 4. The summed E-state index contributed by atoms with van der Waals surface area (Å²) in [6.45, 7) is 2.21. The molecule has 0 aromatic heterocycles. The second kappa shape index (κ2) is 7.15. The molecule has 9 heteroatoms. The average Bonchev–Trinajstić information content (AvgIpc) is 2.54. The van der Waals surface area contributed by atoms with Crippen LogP contribution in [0.15, 0.2) is 41.3 Å². The molecule has 0 unspecified atom stereocenters. The van der Waals surface area contributed by atoms with Crippen molar-refractivity contribution in [1.82, 2.24) is 0 Å². The van der Waals surface area contributed by atoms with E-state index in [-0.39, 0.29) is 5.69 Å². The van der Waals surface area contributed by atoms with Crippen molar-refractivity contribution in [2.24, 2.45) is 0 Å². The highest BCUT2D eigenvalue weighted by atomic mass is 35.5. The van der Waals surface area contributed by atoms with Crippen LogP contribution in [0.25, 0.3) is 0 Å². The third kappa shape index (κ3) is 4.20. The van der Waals surface area contributed by atoms with Gasteiger partial charge in [-0.3, -0.25) is 4.72 Å². The Hall–Kier alpha value is -1.90. The van der Waals surface area contributed by atoms with E-state index in [1.807, 2.05) is 4.90 Å². The summed E-state index contributed by atoms with van der Waals surface area (Å²) in [5.41, 5.74) is 0.854. The Balaban J connectivity index is 1.97. The van der Waals surface area contributed by atoms with Crippen molar-refractivity contribution in [3.05, 3.63) is 53.1 Å². The van der Waals surface area contributed by atoms with Gasteiger partial charge in [0.2, 0.25) is 0 Å². The van der Waals surface area contributed by atoms with Crippen LogP contribution in [0.1, 0.15) is 0 Å². The summed E-state index contributed by atoms with van der Waals surface area (Å²) in [7, 11) is -4.18. The van der Waals surface area contributed by atoms with Gasteiger partial charge in [-0.1, -0.05) is 11.6 Å². The highest BCUT2D eigenvalue weighted by Gasteiger charge is 2.21. The van der Waals surface area contributed by atoms with Crippen LogP contribution in [0.2, 0.25) is 5.02 Å². The Morgan fingerprint density at radius 3 is 2.32 bits per heavy atom. The molecule has 2 aromatic rings. The number of ether oxygens (including phenoxy) is 1. The van der Waals surface area contributed by atoms with E-state index in [2.05, 4.69) is 4.72 Å². The largest absolute Gasteiger partial charge is 0.378 e. The van der Waals surface area contributed by atoms with Crippen molar-refractivity contribution in [3.8, 4) is 0 Å². The molecule has 5 nitrogen and oxygen atoms in total. The summed E-state index contributed by atoms with van der Waals surface area (Å²) in [4.78, 5) is 1.45. The summed E-state index contributed by atoms with van der Waals surface area (Å²) >= 11 is 5.98. The summed E-state index contributed by atoms with van der Waals surface area (Å²) in [6.07, 6.45) is 0. The fourth-order valence-corrected chi connectivity index (χ4v) is 3.84. The molecule has 2 aromatic carbocycles. The number of morpholine rings is 1. The fourth-order valence-electron chi connectivity index (χ4n) is 2.56. The first-order valence-electron chi connectivity index (χ1n) is 7.46. The van der Waals surface area contributed by atoms with Crippen LogP contribution in [0, 0.1) is 11.6 Å². The van der Waals surface area contributed by atoms with Gasteiger partial charge in [-0.15, -0.1) is 0 Å². The van der Waals surface area contributed by atoms with E-state index >= 15 is 0 Å². The lowest BCUT2D eigenvalue weighted by atomic mass is 10.2. The predicted octanol–water partition coefficient (Wildman–Crippen LogP) is 3.26. The maximum absolute atomic E-state index is 13.4. The third-order valence-electron chi connectivity index (χ3n) is 3.70. The predicted molar refractivity (Wildman–Crippen MR) is 91.7 cm³/mol. The number of benzene rings is 2. The van der Waals surface area contributed by atoms with Crippen molar-refractivity contribution < 1.29 is 21.9 Å². The fraction of sp³-hybridized carbons (Fsp3) is 0.250. The van der Waals surface area contributed by atoms with Gasteiger partial charge in [-0.25, -0.2) is 17.2 Å². The topological polar surface area (TPSA) is 58.6 Å². The zero-order valence-electron chi connectivity index (χ0n) is 13.0. The van der Waals surface area contributed by atoms with E-state index < -0.39 is 26.6 Å². The maximum atomic E-state index is 13.4. The molecular formula is C16H15ClF2N2O3S. The Labute approximate surface area is 149 Å². The SMILES string of the molecule is O=S(=O)(Nc1cc(Cl)ccc1N1CCOCC1)c1cc(F)cc(F)c1. The van der Waals surface area contributed by atoms with Gasteiger partial charge in [0, 0.05) is 24.2 Å². The molecule has 3 rings (SSSR count). The average molecular weight is 389 g/mol.